The van der Waals surface area contributed by atoms with Crippen molar-refractivity contribution < 1.29 is 4.79 Å². The molecule has 1 aromatic carbocycles. The number of carbonyl (C=O) groups is 1. The number of nitrogens with zero attached hydrogens (tertiary/aromatic N) is 3. The minimum Gasteiger partial charge on any atom is -0.371 e. The summed E-state index contributed by atoms with van der Waals surface area (Å²) in [6.07, 6.45) is 9.73. The Morgan fingerprint density at radius 2 is 1.75 bits per heavy atom. The number of carbonyl (C=O) groups excluding carboxylic acids is 1. The molecule has 1 heterocycles. The van der Waals surface area contributed by atoms with Crippen LogP contribution in [0.3, 0.4) is 0 Å². The lowest BCUT2D eigenvalue weighted by molar-refractivity contribution is -0.123. The lowest BCUT2D eigenvalue weighted by Crippen LogP contribution is -2.50. The molecule has 1 aromatic rings. The van der Waals surface area contributed by atoms with Gasteiger partial charge in [0, 0.05) is 25.3 Å². The second kappa shape index (κ2) is 9.93. The number of piperidine rings is 1. The van der Waals surface area contributed by atoms with Gasteiger partial charge in [-0.1, -0.05) is 43.9 Å². The van der Waals surface area contributed by atoms with Crippen LogP contribution >= 0.6 is 0 Å². The summed E-state index contributed by atoms with van der Waals surface area (Å²) in [7, 11) is 1.98. The van der Waals surface area contributed by atoms with Gasteiger partial charge in [-0.15, -0.1) is 0 Å². The van der Waals surface area contributed by atoms with Gasteiger partial charge >= 0.3 is 0 Å². The summed E-state index contributed by atoms with van der Waals surface area (Å²) in [5, 5.41) is 12.7. The number of amides is 1. The molecular weight excluding hydrogens is 348 g/mol. The minimum absolute atomic E-state index is 0.0404. The SMILES string of the molecule is CN(CC(=O)NC1(C#N)CCCCCC1)Cc1ccccc1N1CCCCC1. The quantitative estimate of drug-likeness (QED) is 0.760. The van der Waals surface area contributed by atoms with E-state index in [0.29, 0.717) is 6.54 Å². The van der Waals surface area contributed by atoms with Gasteiger partial charge in [0.2, 0.25) is 5.91 Å². The van der Waals surface area contributed by atoms with Crippen molar-refractivity contribution >= 4 is 11.6 Å². The van der Waals surface area contributed by atoms with E-state index in [0.717, 1.165) is 58.2 Å². The molecule has 0 spiro atoms. The van der Waals surface area contributed by atoms with Gasteiger partial charge in [0.05, 0.1) is 12.6 Å². The molecule has 28 heavy (non-hydrogen) atoms. The van der Waals surface area contributed by atoms with E-state index in [-0.39, 0.29) is 5.91 Å². The Morgan fingerprint density at radius 3 is 2.43 bits per heavy atom. The molecule has 1 N–H and O–H groups in total. The summed E-state index contributed by atoms with van der Waals surface area (Å²) in [5.74, 6) is -0.0404. The topological polar surface area (TPSA) is 59.4 Å². The average Bonchev–Trinajstić information content (AvgIpc) is 2.95. The van der Waals surface area contributed by atoms with Crippen LogP contribution in [0, 0.1) is 11.3 Å². The number of nitriles is 1. The van der Waals surface area contributed by atoms with E-state index in [1.807, 2.05) is 7.05 Å². The van der Waals surface area contributed by atoms with Gasteiger partial charge in [-0.25, -0.2) is 0 Å². The standard InChI is InChI=1S/C23H34N4O/c1-26(18-22(28)25-23(19-24)13-7-2-3-8-14-23)17-20-11-5-6-12-21(20)27-15-9-4-10-16-27/h5-6,11-12H,2-4,7-10,13-18H2,1H3,(H,25,28). The molecule has 0 atom stereocenters. The van der Waals surface area contributed by atoms with E-state index in [9.17, 15) is 10.1 Å². The molecule has 152 valence electrons. The highest BCUT2D eigenvalue weighted by Gasteiger charge is 2.32. The van der Waals surface area contributed by atoms with Crippen molar-refractivity contribution in [1.82, 2.24) is 10.2 Å². The molecule has 5 heteroatoms. The van der Waals surface area contributed by atoms with Crippen LogP contribution < -0.4 is 10.2 Å². The number of anilines is 1. The predicted molar refractivity (Wildman–Crippen MR) is 113 cm³/mol. The first-order valence-corrected chi connectivity index (χ1v) is 10.9. The summed E-state index contributed by atoms with van der Waals surface area (Å²) in [6.45, 7) is 3.29. The van der Waals surface area contributed by atoms with E-state index in [2.05, 4.69) is 45.5 Å². The monoisotopic (exact) mass is 382 g/mol. The fraction of sp³-hybridized carbons (Fsp3) is 0.652. The van der Waals surface area contributed by atoms with Gasteiger partial charge in [-0.05, 0) is 50.8 Å². The van der Waals surface area contributed by atoms with Crippen LogP contribution in [0.15, 0.2) is 24.3 Å². The number of likely N-dealkylation sites (N-methyl/N-ethyl adjacent to an activating group) is 1. The number of rotatable bonds is 6. The fourth-order valence-electron chi connectivity index (χ4n) is 4.58. The maximum Gasteiger partial charge on any atom is 0.235 e. The fourth-order valence-corrected chi connectivity index (χ4v) is 4.58. The van der Waals surface area contributed by atoms with Gasteiger partial charge in [0.15, 0.2) is 0 Å². The first-order valence-electron chi connectivity index (χ1n) is 10.9. The van der Waals surface area contributed by atoms with Gasteiger partial charge in [0.1, 0.15) is 5.54 Å². The Balaban J connectivity index is 1.58. The third kappa shape index (κ3) is 5.48. The van der Waals surface area contributed by atoms with Crippen LogP contribution in [-0.4, -0.2) is 43.0 Å². The van der Waals surface area contributed by atoms with Crippen molar-refractivity contribution in [2.45, 2.75) is 69.9 Å². The Bertz CT molecular complexity index is 682. The highest BCUT2D eigenvalue weighted by molar-refractivity contribution is 5.79. The Morgan fingerprint density at radius 1 is 1.11 bits per heavy atom. The zero-order chi connectivity index (χ0) is 19.8. The third-order valence-electron chi connectivity index (χ3n) is 6.09. The van der Waals surface area contributed by atoms with Gasteiger partial charge in [-0.2, -0.15) is 5.26 Å². The molecule has 3 rings (SSSR count). The van der Waals surface area contributed by atoms with Gasteiger partial charge < -0.3 is 10.2 Å². The predicted octanol–water partition coefficient (Wildman–Crippen LogP) is 3.84. The highest BCUT2D eigenvalue weighted by Crippen LogP contribution is 2.27. The van der Waals surface area contributed by atoms with Crippen molar-refractivity contribution in [1.29, 1.82) is 5.26 Å². The molecule has 0 unspecified atom stereocenters. The number of benzene rings is 1. The molecule has 2 aliphatic rings. The van der Waals surface area contributed by atoms with Crippen LogP contribution in [0.4, 0.5) is 5.69 Å². The van der Waals surface area contributed by atoms with Crippen molar-refractivity contribution in [3.8, 4) is 6.07 Å². The Kier molecular flexibility index (Phi) is 7.33. The normalized spacial score (nSPS) is 19.7. The number of para-hydroxylation sites is 1. The van der Waals surface area contributed by atoms with E-state index in [1.54, 1.807) is 0 Å². The second-order valence-electron chi connectivity index (χ2n) is 8.51. The summed E-state index contributed by atoms with van der Waals surface area (Å²) in [4.78, 5) is 17.2. The van der Waals surface area contributed by atoms with Crippen molar-refractivity contribution in [3.05, 3.63) is 29.8 Å². The first kappa shape index (κ1) is 20.7. The summed E-state index contributed by atoms with van der Waals surface area (Å²) < 4.78 is 0. The molecule has 0 aromatic heterocycles. The number of nitrogens with one attached hydrogen (secondary N) is 1. The van der Waals surface area contributed by atoms with Gasteiger partial charge in [0.25, 0.3) is 0 Å². The second-order valence-corrected chi connectivity index (χ2v) is 8.51. The number of hydrogen-bond donors (Lipinski definition) is 1. The van der Waals surface area contributed by atoms with Crippen LogP contribution in [0.5, 0.6) is 0 Å². The molecule has 5 nitrogen and oxygen atoms in total. The molecular formula is C23H34N4O. The molecule has 2 fully saturated rings. The van der Waals surface area contributed by atoms with Crippen molar-refractivity contribution in [2.75, 3.05) is 31.6 Å². The first-order chi connectivity index (χ1) is 13.6. The lowest BCUT2D eigenvalue weighted by atomic mass is 9.92. The molecule has 0 radical (unpaired) electrons. The Labute approximate surface area is 169 Å². The van der Waals surface area contributed by atoms with E-state index >= 15 is 0 Å². The Hall–Kier alpha value is -2.06. The maximum atomic E-state index is 12.7. The molecule has 0 bridgehead atoms. The third-order valence-corrected chi connectivity index (χ3v) is 6.09. The maximum absolute atomic E-state index is 12.7. The van der Waals surface area contributed by atoms with Crippen molar-refractivity contribution in [2.24, 2.45) is 0 Å². The molecule has 1 aliphatic heterocycles. The summed E-state index contributed by atoms with van der Waals surface area (Å²) >= 11 is 0. The van der Waals surface area contributed by atoms with Crippen LogP contribution in [0.2, 0.25) is 0 Å². The number of hydrogen-bond acceptors (Lipinski definition) is 4. The molecule has 1 aliphatic carbocycles. The molecule has 1 saturated heterocycles. The zero-order valence-corrected chi connectivity index (χ0v) is 17.3. The smallest absolute Gasteiger partial charge is 0.235 e. The summed E-state index contributed by atoms with van der Waals surface area (Å²) in [5.41, 5.74) is 1.90. The van der Waals surface area contributed by atoms with Crippen molar-refractivity contribution in [3.63, 3.8) is 0 Å². The van der Waals surface area contributed by atoms with E-state index in [1.165, 1.54) is 30.5 Å². The van der Waals surface area contributed by atoms with Gasteiger partial charge in [-0.3, -0.25) is 9.69 Å². The van der Waals surface area contributed by atoms with Crippen LogP contribution in [0.25, 0.3) is 0 Å². The minimum atomic E-state index is -0.667. The van der Waals surface area contributed by atoms with E-state index in [4.69, 9.17) is 0 Å². The zero-order valence-electron chi connectivity index (χ0n) is 17.3. The van der Waals surface area contributed by atoms with E-state index < -0.39 is 5.54 Å². The average molecular weight is 383 g/mol. The van der Waals surface area contributed by atoms with Crippen LogP contribution in [0.1, 0.15) is 63.4 Å². The summed E-state index contributed by atoms with van der Waals surface area (Å²) in [6, 6.07) is 10.9. The highest BCUT2D eigenvalue weighted by atomic mass is 16.2. The molecule has 1 amide bonds. The molecule has 1 saturated carbocycles. The largest absolute Gasteiger partial charge is 0.371 e. The lowest BCUT2D eigenvalue weighted by Gasteiger charge is -2.32. The van der Waals surface area contributed by atoms with Crippen LogP contribution in [-0.2, 0) is 11.3 Å².